The first-order chi connectivity index (χ1) is 8.93. The minimum Gasteiger partial charge on any atom is -0.365 e. The van der Waals surface area contributed by atoms with Crippen molar-refractivity contribution in [1.82, 2.24) is 0 Å². The Labute approximate surface area is 108 Å². The largest absolute Gasteiger partial charge is 0.365 e. The van der Waals surface area contributed by atoms with E-state index in [4.69, 9.17) is 0 Å². The van der Waals surface area contributed by atoms with Gasteiger partial charge in [0.2, 0.25) is 0 Å². The van der Waals surface area contributed by atoms with Gasteiger partial charge in [0.05, 0.1) is 17.0 Å². The molecule has 0 saturated carbocycles. The number of aldehydes is 1. The number of piperidine rings is 1. The Balaban J connectivity index is 2.31. The summed E-state index contributed by atoms with van der Waals surface area (Å²) in [7, 11) is 0. The van der Waals surface area contributed by atoms with Crippen LogP contribution in [0.4, 0.5) is 20.2 Å². The van der Waals surface area contributed by atoms with Gasteiger partial charge in [0.15, 0.2) is 6.29 Å². The van der Waals surface area contributed by atoms with E-state index in [1.165, 1.54) is 23.1 Å². The third kappa shape index (κ3) is 2.86. The fourth-order valence-corrected chi connectivity index (χ4v) is 2.19. The van der Waals surface area contributed by atoms with E-state index in [0.29, 0.717) is 24.9 Å². The van der Waals surface area contributed by atoms with E-state index in [-0.39, 0.29) is 17.7 Å². The number of rotatable bonds is 3. The third-order valence-corrected chi connectivity index (χ3v) is 3.09. The number of anilines is 1. The zero-order valence-corrected chi connectivity index (χ0v) is 10.0. The van der Waals surface area contributed by atoms with Gasteiger partial charge in [0, 0.05) is 24.7 Å². The van der Waals surface area contributed by atoms with Crippen molar-refractivity contribution in [1.29, 1.82) is 0 Å². The number of carbonyl (C=O) groups excluding carboxylic acids is 1. The third-order valence-electron chi connectivity index (χ3n) is 3.09. The molecular formula is C12H12F2N2O3. The van der Waals surface area contributed by atoms with Gasteiger partial charge in [-0.1, -0.05) is 0 Å². The number of carbonyl (C=O) groups is 1. The molecule has 0 radical (unpaired) electrons. The number of nitro groups is 1. The summed E-state index contributed by atoms with van der Waals surface area (Å²) >= 11 is 0. The van der Waals surface area contributed by atoms with Crippen LogP contribution in [0.1, 0.15) is 23.2 Å². The van der Waals surface area contributed by atoms with E-state index in [1.54, 1.807) is 0 Å². The highest BCUT2D eigenvalue weighted by atomic mass is 19.3. The second-order valence-electron chi connectivity index (χ2n) is 4.50. The highest BCUT2D eigenvalue weighted by molar-refractivity contribution is 5.83. The molecule has 1 aliphatic heterocycles. The number of nitro benzene ring substituents is 1. The first kappa shape index (κ1) is 13.4. The maximum atomic E-state index is 13.3. The quantitative estimate of drug-likeness (QED) is 0.481. The summed E-state index contributed by atoms with van der Waals surface area (Å²) in [6.45, 7) is 0.0226. The molecule has 0 spiro atoms. The Kier molecular flexibility index (Phi) is 3.46. The van der Waals surface area contributed by atoms with Crippen LogP contribution in [0, 0.1) is 10.1 Å². The molecule has 1 saturated heterocycles. The van der Waals surface area contributed by atoms with Crippen LogP contribution < -0.4 is 4.90 Å². The fourth-order valence-electron chi connectivity index (χ4n) is 2.19. The van der Waals surface area contributed by atoms with Gasteiger partial charge in [-0.3, -0.25) is 14.9 Å². The molecule has 1 heterocycles. The highest BCUT2D eigenvalue weighted by Gasteiger charge is 2.35. The average Bonchev–Trinajstić information content (AvgIpc) is 2.36. The molecule has 1 aromatic rings. The molecule has 102 valence electrons. The van der Waals surface area contributed by atoms with Crippen LogP contribution in [0.3, 0.4) is 0 Å². The van der Waals surface area contributed by atoms with Crippen molar-refractivity contribution < 1.29 is 18.5 Å². The van der Waals surface area contributed by atoms with Crippen LogP contribution in [0.2, 0.25) is 0 Å². The molecule has 1 aliphatic rings. The molecule has 0 amide bonds. The van der Waals surface area contributed by atoms with Crippen molar-refractivity contribution in [3.63, 3.8) is 0 Å². The first-order valence-electron chi connectivity index (χ1n) is 5.79. The lowest BCUT2D eigenvalue weighted by atomic mass is 10.1. The predicted molar refractivity (Wildman–Crippen MR) is 64.9 cm³/mol. The van der Waals surface area contributed by atoms with Gasteiger partial charge < -0.3 is 4.90 Å². The lowest BCUT2D eigenvalue weighted by molar-refractivity contribution is -0.385. The molecule has 0 N–H and O–H groups in total. The SMILES string of the molecule is O=Cc1cc(N2CCCC(F)(F)C2)ccc1[N+](=O)[O-]. The normalized spacial score (nSPS) is 18.1. The molecule has 1 aromatic carbocycles. The smallest absolute Gasteiger partial charge is 0.280 e. The Morgan fingerprint density at radius 3 is 2.74 bits per heavy atom. The Morgan fingerprint density at radius 1 is 1.42 bits per heavy atom. The first-order valence-corrected chi connectivity index (χ1v) is 5.79. The van der Waals surface area contributed by atoms with Crippen LogP contribution in [0.15, 0.2) is 18.2 Å². The number of nitrogens with zero attached hydrogens (tertiary/aromatic N) is 2. The number of hydrogen-bond acceptors (Lipinski definition) is 4. The Morgan fingerprint density at radius 2 is 2.16 bits per heavy atom. The van der Waals surface area contributed by atoms with Crippen LogP contribution in [0.5, 0.6) is 0 Å². The summed E-state index contributed by atoms with van der Waals surface area (Å²) in [6, 6.07) is 3.85. The maximum Gasteiger partial charge on any atom is 0.280 e. The summed E-state index contributed by atoms with van der Waals surface area (Å²) in [6.07, 6.45) is 0.557. The van der Waals surface area contributed by atoms with Gasteiger partial charge in [-0.25, -0.2) is 8.78 Å². The predicted octanol–water partition coefficient (Wildman–Crippen LogP) is 2.64. The lowest BCUT2D eigenvalue weighted by Crippen LogP contribution is -2.42. The van der Waals surface area contributed by atoms with E-state index < -0.39 is 17.4 Å². The number of alkyl halides is 2. The Bertz CT molecular complexity index is 520. The zero-order chi connectivity index (χ0) is 14.0. The van der Waals surface area contributed by atoms with E-state index >= 15 is 0 Å². The van der Waals surface area contributed by atoms with E-state index in [1.807, 2.05) is 0 Å². The van der Waals surface area contributed by atoms with Crippen LogP contribution in [-0.2, 0) is 0 Å². The second kappa shape index (κ2) is 4.91. The van der Waals surface area contributed by atoms with Crippen LogP contribution >= 0.6 is 0 Å². The molecule has 0 atom stereocenters. The van der Waals surface area contributed by atoms with Crippen molar-refractivity contribution >= 4 is 17.7 Å². The highest BCUT2D eigenvalue weighted by Crippen LogP contribution is 2.31. The van der Waals surface area contributed by atoms with E-state index in [9.17, 15) is 23.7 Å². The fraction of sp³-hybridized carbons (Fsp3) is 0.417. The monoisotopic (exact) mass is 270 g/mol. The molecule has 0 aliphatic carbocycles. The minimum atomic E-state index is -2.76. The molecule has 1 fully saturated rings. The topological polar surface area (TPSA) is 63.5 Å². The number of halogens is 2. The van der Waals surface area contributed by atoms with Gasteiger partial charge in [0.25, 0.3) is 11.6 Å². The molecule has 7 heteroatoms. The molecule has 0 unspecified atom stereocenters. The van der Waals surface area contributed by atoms with Crippen molar-refractivity contribution in [2.45, 2.75) is 18.8 Å². The molecule has 2 rings (SSSR count). The van der Waals surface area contributed by atoms with Gasteiger partial charge in [-0.2, -0.15) is 0 Å². The van der Waals surface area contributed by atoms with Crippen molar-refractivity contribution in [2.24, 2.45) is 0 Å². The second-order valence-corrected chi connectivity index (χ2v) is 4.50. The van der Waals surface area contributed by atoms with Crippen LogP contribution in [-0.4, -0.2) is 30.2 Å². The maximum absolute atomic E-state index is 13.3. The summed E-state index contributed by atoms with van der Waals surface area (Å²) in [5.41, 5.74) is -0.00835. The minimum absolute atomic E-state index is 0.101. The zero-order valence-electron chi connectivity index (χ0n) is 10.0. The molecule has 5 nitrogen and oxygen atoms in total. The molecule has 19 heavy (non-hydrogen) atoms. The summed E-state index contributed by atoms with van der Waals surface area (Å²) in [4.78, 5) is 22.3. The van der Waals surface area contributed by atoms with Crippen LogP contribution in [0.25, 0.3) is 0 Å². The number of benzene rings is 1. The van der Waals surface area contributed by atoms with E-state index in [2.05, 4.69) is 0 Å². The lowest BCUT2D eigenvalue weighted by Gasteiger charge is -2.34. The molecular weight excluding hydrogens is 258 g/mol. The molecule has 0 aromatic heterocycles. The Hall–Kier alpha value is -2.05. The summed E-state index contributed by atoms with van der Waals surface area (Å²) in [5, 5.41) is 10.7. The van der Waals surface area contributed by atoms with Gasteiger partial charge in [0.1, 0.15) is 0 Å². The number of hydrogen-bond donors (Lipinski definition) is 0. The standard InChI is InChI=1S/C12H12F2N2O3/c13-12(14)4-1-5-15(8-12)10-2-3-11(16(18)19)9(6-10)7-17/h2-3,6-7H,1,4-5,8H2. The van der Waals surface area contributed by atoms with Crippen molar-refractivity contribution in [2.75, 3.05) is 18.0 Å². The average molecular weight is 270 g/mol. The van der Waals surface area contributed by atoms with Gasteiger partial charge in [-0.05, 0) is 18.6 Å². The summed E-state index contributed by atoms with van der Waals surface area (Å²) in [5.74, 6) is -2.76. The van der Waals surface area contributed by atoms with Gasteiger partial charge >= 0.3 is 0 Å². The summed E-state index contributed by atoms with van der Waals surface area (Å²) < 4.78 is 26.6. The van der Waals surface area contributed by atoms with E-state index in [0.717, 1.165) is 0 Å². The molecule has 0 bridgehead atoms. The van der Waals surface area contributed by atoms with Gasteiger partial charge in [-0.15, -0.1) is 0 Å². The van der Waals surface area contributed by atoms with Crippen molar-refractivity contribution in [3.05, 3.63) is 33.9 Å². The van der Waals surface area contributed by atoms with Crippen molar-refractivity contribution in [3.8, 4) is 0 Å².